The summed E-state index contributed by atoms with van der Waals surface area (Å²) in [6.07, 6.45) is 2.85. The number of carbonyl (C=O) groups is 1. The summed E-state index contributed by atoms with van der Waals surface area (Å²) in [5.41, 5.74) is 4.09. The van der Waals surface area contributed by atoms with Gasteiger partial charge in [-0.15, -0.1) is 0 Å². The van der Waals surface area contributed by atoms with E-state index in [0.717, 1.165) is 47.3 Å². The van der Waals surface area contributed by atoms with E-state index in [-0.39, 0.29) is 5.97 Å². The standard InChI is InChI=1S/C16H22O3/c1-10-9-13(18-4)11(2)12(3)14(10)16(7-6-8-16)15(17)19-5/h9H,6-8H2,1-5H3. The molecule has 1 fully saturated rings. The van der Waals surface area contributed by atoms with Crippen LogP contribution in [-0.2, 0) is 14.9 Å². The molecule has 0 radical (unpaired) electrons. The zero-order valence-corrected chi connectivity index (χ0v) is 12.4. The highest BCUT2D eigenvalue weighted by atomic mass is 16.5. The van der Waals surface area contributed by atoms with Crippen molar-refractivity contribution in [3.8, 4) is 5.75 Å². The van der Waals surface area contributed by atoms with E-state index in [1.54, 1.807) is 7.11 Å². The van der Waals surface area contributed by atoms with E-state index in [1.165, 1.54) is 7.11 Å². The number of ether oxygens (including phenoxy) is 2. The van der Waals surface area contributed by atoms with Crippen LogP contribution in [0.3, 0.4) is 0 Å². The monoisotopic (exact) mass is 262 g/mol. The Hall–Kier alpha value is -1.51. The van der Waals surface area contributed by atoms with E-state index >= 15 is 0 Å². The highest BCUT2D eigenvalue weighted by Crippen LogP contribution is 2.48. The molecule has 104 valence electrons. The zero-order chi connectivity index (χ0) is 14.2. The third-order valence-corrected chi connectivity index (χ3v) is 4.53. The van der Waals surface area contributed by atoms with Gasteiger partial charge in [-0.25, -0.2) is 0 Å². The normalized spacial score (nSPS) is 16.7. The lowest BCUT2D eigenvalue weighted by molar-refractivity contribution is -0.151. The van der Waals surface area contributed by atoms with Gasteiger partial charge in [-0.1, -0.05) is 6.42 Å². The molecule has 3 nitrogen and oxygen atoms in total. The van der Waals surface area contributed by atoms with Gasteiger partial charge in [0.1, 0.15) is 5.75 Å². The van der Waals surface area contributed by atoms with E-state index in [0.29, 0.717) is 0 Å². The fourth-order valence-electron chi connectivity index (χ4n) is 3.28. The first-order chi connectivity index (χ1) is 8.97. The Morgan fingerprint density at radius 2 is 1.79 bits per heavy atom. The van der Waals surface area contributed by atoms with Crippen LogP contribution in [-0.4, -0.2) is 20.2 Å². The summed E-state index contributed by atoms with van der Waals surface area (Å²) in [5, 5.41) is 0. The van der Waals surface area contributed by atoms with Gasteiger partial charge in [-0.05, 0) is 61.9 Å². The van der Waals surface area contributed by atoms with Gasteiger partial charge in [0, 0.05) is 0 Å². The first-order valence-electron chi connectivity index (χ1n) is 6.71. The third kappa shape index (κ3) is 1.92. The highest BCUT2D eigenvalue weighted by Gasteiger charge is 2.48. The minimum Gasteiger partial charge on any atom is -0.496 e. The topological polar surface area (TPSA) is 35.5 Å². The van der Waals surface area contributed by atoms with E-state index in [1.807, 2.05) is 19.9 Å². The van der Waals surface area contributed by atoms with Gasteiger partial charge >= 0.3 is 5.97 Å². The van der Waals surface area contributed by atoms with Crippen molar-refractivity contribution < 1.29 is 14.3 Å². The predicted octanol–water partition coefficient (Wildman–Crippen LogP) is 3.22. The molecule has 0 amide bonds. The molecule has 0 saturated heterocycles. The van der Waals surface area contributed by atoms with Crippen molar-refractivity contribution in [2.75, 3.05) is 14.2 Å². The van der Waals surface area contributed by atoms with E-state index in [4.69, 9.17) is 9.47 Å². The smallest absolute Gasteiger partial charge is 0.316 e. The van der Waals surface area contributed by atoms with Gasteiger partial charge < -0.3 is 9.47 Å². The first kappa shape index (κ1) is 13.9. The summed E-state index contributed by atoms with van der Waals surface area (Å²) in [6, 6.07) is 2.03. The second-order valence-corrected chi connectivity index (χ2v) is 5.45. The molecule has 0 aromatic heterocycles. The summed E-state index contributed by atoms with van der Waals surface area (Å²) < 4.78 is 10.4. The molecule has 1 aromatic carbocycles. The molecule has 19 heavy (non-hydrogen) atoms. The van der Waals surface area contributed by atoms with E-state index < -0.39 is 5.41 Å². The van der Waals surface area contributed by atoms with Crippen molar-refractivity contribution in [1.29, 1.82) is 0 Å². The van der Waals surface area contributed by atoms with Crippen LogP contribution < -0.4 is 4.74 Å². The molecule has 1 aliphatic carbocycles. The Morgan fingerprint density at radius 3 is 2.21 bits per heavy atom. The summed E-state index contributed by atoms with van der Waals surface area (Å²) in [5.74, 6) is 0.785. The number of carbonyl (C=O) groups excluding carboxylic acids is 1. The number of esters is 1. The maximum atomic E-state index is 12.2. The lowest BCUT2D eigenvalue weighted by Crippen LogP contribution is -2.44. The van der Waals surface area contributed by atoms with Crippen LogP contribution in [0, 0.1) is 20.8 Å². The quantitative estimate of drug-likeness (QED) is 0.785. The van der Waals surface area contributed by atoms with Gasteiger partial charge in [0.15, 0.2) is 0 Å². The van der Waals surface area contributed by atoms with Crippen molar-refractivity contribution in [2.45, 2.75) is 45.4 Å². The fraction of sp³-hybridized carbons (Fsp3) is 0.562. The van der Waals surface area contributed by atoms with Gasteiger partial charge in [0.25, 0.3) is 0 Å². The predicted molar refractivity (Wildman–Crippen MR) is 74.8 cm³/mol. The average Bonchev–Trinajstić information content (AvgIpc) is 2.35. The van der Waals surface area contributed by atoms with Gasteiger partial charge in [0.05, 0.1) is 19.6 Å². The number of aryl methyl sites for hydroxylation is 1. The van der Waals surface area contributed by atoms with Crippen LogP contribution in [0.2, 0.25) is 0 Å². The Kier molecular flexibility index (Phi) is 3.57. The molecule has 0 heterocycles. The lowest BCUT2D eigenvalue weighted by atomic mass is 9.62. The molecule has 0 N–H and O–H groups in total. The van der Waals surface area contributed by atoms with Gasteiger partial charge in [-0.2, -0.15) is 0 Å². The Morgan fingerprint density at radius 1 is 1.16 bits per heavy atom. The van der Waals surface area contributed by atoms with Crippen LogP contribution in [0.25, 0.3) is 0 Å². The van der Waals surface area contributed by atoms with E-state index in [2.05, 4.69) is 6.92 Å². The molecule has 0 spiro atoms. The summed E-state index contributed by atoms with van der Waals surface area (Å²) in [6.45, 7) is 6.16. The Balaban J connectivity index is 2.62. The summed E-state index contributed by atoms with van der Waals surface area (Å²) in [4.78, 5) is 12.2. The number of methoxy groups -OCH3 is 2. The molecular formula is C16H22O3. The minimum atomic E-state index is -0.431. The fourth-order valence-corrected chi connectivity index (χ4v) is 3.28. The Bertz CT molecular complexity index is 513. The third-order valence-electron chi connectivity index (χ3n) is 4.53. The molecule has 2 rings (SSSR count). The molecule has 3 heteroatoms. The molecule has 1 aliphatic rings. The molecule has 0 aliphatic heterocycles. The number of hydrogen-bond donors (Lipinski definition) is 0. The van der Waals surface area contributed by atoms with Crippen LogP contribution in [0.5, 0.6) is 5.75 Å². The lowest BCUT2D eigenvalue weighted by Gasteiger charge is -2.41. The molecule has 0 bridgehead atoms. The second-order valence-electron chi connectivity index (χ2n) is 5.45. The largest absolute Gasteiger partial charge is 0.496 e. The molecule has 1 saturated carbocycles. The molecular weight excluding hydrogens is 240 g/mol. The molecule has 1 aromatic rings. The van der Waals surface area contributed by atoms with Gasteiger partial charge in [-0.3, -0.25) is 4.79 Å². The van der Waals surface area contributed by atoms with Crippen molar-refractivity contribution >= 4 is 5.97 Å². The highest BCUT2D eigenvalue weighted by molar-refractivity contribution is 5.85. The maximum absolute atomic E-state index is 12.2. The van der Waals surface area contributed by atoms with Gasteiger partial charge in [0.2, 0.25) is 0 Å². The summed E-state index contributed by atoms with van der Waals surface area (Å²) >= 11 is 0. The van der Waals surface area contributed by atoms with E-state index in [9.17, 15) is 4.79 Å². The SMILES string of the molecule is COC(=O)C1(c2c(C)cc(OC)c(C)c2C)CCC1. The van der Waals surface area contributed by atoms with Crippen molar-refractivity contribution in [3.63, 3.8) is 0 Å². The maximum Gasteiger partial charge on any atom is 0.316 e. The number of benzene rings is 1. The van der Waals surface area contributed by atoms with Crippen LogP contribution in [0.15, 0.2) is 6.07 Å². The average molecular weight is 262 g/mol. The van der Waals surface area contributed by atoms with Crippen molar-refractivity contribution in [3.05, 3.63) is 28.3 Å². The van der Waals surface area contributed by atoms with Crippen LogP contribution >= 0.6 is 0 Å². The first-order valence-corrected chi connectivity index (χ1v) is 6.71. The minimum absolute atomic E-state index is 0.102. The number of rotatable bonds is 3. The van der Waals surface area contributed by atoms with Crippen molar-refractivity contribution in [2.24, 2.45) is 0 Å². The molecule has 0 unspecified atom stereocenters. The Labute approximate surface area is 114 Å². The van der Waals surface area contributed by atoms with Crippen LogP contribution in [0.4, 0.5) is 0 Å². The molecule has 0 atom stereocenters. The van der Waals surface area contributed by atoms with Crippen LogP contribution in [0.1, 0.15) is 41.5 Å². The second kappa shape index (κ2) is 4.87. The zero-order valence-electron chi connectivity index (χ0n) is 12.4. The van der Waals surface area contributed by atoms with Crippen molar-refractivity contribution in [1.82, 2.24) is 0 Å². The number of hydrogen-bond acceptors (Lipinski definition) is 3. The summed E-state index contributed by atoms with van der Waals surface area (Å²) in [7, 11) is 3.16.